The van der Waals surface area contributed by atoms with E-state index < -0.39 is 11.4 Å². The molecule has 0 aromatic heterocycles. The fourth-order valence-electron chi connectivity index (χ4n) is 1.77. The fourth-order valence-corrected chi connectivity index (χ4v) is 2.14. The molecule has 18 heavy (non-hydrogen) atoms. The molecule has 2 rings (SSSR count). The number of ether oxygens (including phenoxy) is 1. The molecule has 0 radical (unpaired) electrons. The summed E-state index contributed by atoms with van der Waals surface area (Å²) in [6.45, 7) is 1.96. The summed E-state index contributed by atoms with van der Waals surface area (Å²) in [5.74, 6) is -0.740. The molecule has 4 nitrogen and oxygen atoms in total. The number of halogens is 1. The summed E-state index contributed by atoms with van der Waals surface area (Å²) in [5, 5.41) is 2.76. The van der Waals surface area contributed by atoms with Crippen molar-refractivity contribution in [2.75, 3.05) is 12.4 Å². The van der Waals surface area contributed by atoms with Crippen LogP contribution in [0.5, 0.6) is 0 Å². The van der Waals surface area contributed by atoms with Gasteiger partial charge in [0, 0.05) is 10.2 Å². The summed E-state index contributed by atoms with van der Waals surface area (Å²) >= 11 is 3.40. The molecular formula is C13H14BrNO3. The van der Waals surface area contributed by atoms with Crippen LogP contribution < -0.4 is 5.32 Å². The topological polar surface area (TPSA) is 55.4 Å². The van der Waals surface area contributed by atoms with Crippen molar-refractivity contribution in [1.82, 2.24) is 0 Å². The molecule has 5 heteroatoms. The van der Waals surface area contributed by atoms with E-state index in [9.17, 15) is 9.59 Å². The highest BCUT2D eigenvalue weighted by atomic mass is 79.9. The van der Waals surface area contributed by atoms with Gasteiger partial charge in [0.15, 0.2) is 0 Å². The summed E-state index contributed by atoms with van der Waals surface area (Å²) < 4.78 is 5.59. The maximum absolute atomic E-state index is 12.1. The highest BCUT2D eigenvalue weighted by Crippen LogP contribution is 2.47. The minimum Gasteiger partial charge on any atom is -0.468 e. The second-order valence-corrected chi connectivity index (χ2v) is 5.35. The lowest BCUT2D eigenvalue weighted by Crippen LogP contribution is -2.32. The van der Waals surface area contributed by atoms with Crippen LogP contribution in [0.1, 0.15) is 18.4 Å². The number of nitrogens with one attached hydrogen (secondary N) is 1. The Balaban J connectivity index is 2.12. The Hall–Kier alpha value is -1.36. The number of hydrogen-bond donors (Lipinski definition) is 1. The monoisotopic (exact) mass is 311 g/mol. The third-order valence-electron chi connectivity index (χ3n) is 3.19. The predicted octanol–water partition coefficient (Wildman–Crippen LogP) is 2.65. The van der Waals surface area contributed by atoms with Gasteiger partial charge in [0.05, 0.1) is 7.11 Å². The van der Waals surface area contributed by atoms with Gasteiger partial charge in [-0.3, -0.25) is 9.59 Å². The second kappa shape index (κ2) is 4.72. The molecular weight excluding hydrogens is 298 g/mol. The summed E-state index contributed by atoms with van der Waals surface area (Å²) in [5.41, 5.74) is 0.793. The van der Waals surface area contributed by atoms with Crippen LogP contribution in [0.3, 0.4) is 0 Å². The highest BCUT2D eigenvalue weighted by Gasteiger charge is 2.57. The number of benzene rings is 1. The summed E-state index contributed by atoms with van der Waals surface area (Å²) in [4.78, 5) is 23.6. The number of anilines is 1. The number of methoxy groups -OCH3 is 1. The molecule has 0 bridgehead atoms. The first-order chi connectivity index (χ1) is 8.49. The molecule has 0 heterocycles. The van der Waals surface area contributed by atoms with Gasteiger partial charge in [-0.2, -0.15) is 0 Å². The third-order valence-corrected chi connectivity index (χ3v) is 4.04. The summed E-state index contributed by atoms with van der Waals surface area (Å²) in [6.07, 6.45) is 1.11. The van der Waals surface area contributed by atoms with E-state index in [0.717, 1.165) is 10.0 Å². The van der Waals surface area contributed by atoms with Crippen LogP contribution in [0.4, 0.5) is 5.69 Å². The van der Waals surface area contributed by atoms with E-state index in [2.05, 4.69) is 26.0 Å². The van der Waals surface area contributed by atoms with E-state index >= 15 is 0 Å². The number of carbonyl (C=O) groups is 2. The number of carbonyl (C=O) groups excluding carboxylic acids is 2. The van der Waals surface area contributed by atoms with Gasteiger partial charge in [-0.15, -0.1) is 0 Å². The van der Waals surface area contributed by atoms with Gasteiger partial charge in [-0.05, 0) is 37.5 Å². The van der Waals surface area contributed by atoms with Gasteiger partial charge in [-0.1, -0.05) is 22.0 Å². The Bertz CT molecular complexity index is 509. The first-order valence-corrected chi connectivity index (χ1v) is 6.45. The lowest BCUT2D eigenvalue weighted by molar-refractivity contribution is -0.150. The second-order valence-electron chi connectivity index (χ2n) is 4.49. The van der Waals surface area contributed by atoms with Crippen molar-refractivity contribution in [2.24, 2.45) is 5.41 Å². The minimum atomic E-state index is -0.966. The largest absolute Gasteiger partial charge is 0.468 e. The van der Waals surface area contributed by atoms with E-state index in [4.69, 9.17) is 0 Å². The highest BCUT2D eigenvalue weighted by molar-refractivity contribution is 9.10. The van der Waals surface area contributed by atoms with Crippen molar-refractivity contribution in [2.45, 2.75) is 19.8 Å². The minimum absolute atomic E-state index is 0.287. The fraction of sp³-hybridized carbons (Fsp3) is 0.385. The van der Waals surface area contributed by atoms with Crippen molar-refractivity contribution in [1.29, 1.82) is 0 Å². The van der Waals surface area contributed by atoms with Crippen LogP contribution in [0.2, 0.25) is 0 Å². The molecule has 1 aromatic carbocycles. The maximum Gasteiger partial charge on any atom is 0.321 e. The van der Waals surface area contributed by atoms with E-state index in [1.165, 1.54) is 7.11 Å². The Labute approximate surface area is 114 Å². The number of aryl methyl sites for hydroxylation is 1. The van der Waals surface area contributed by atoms with Crippen molar-refractivity contribution in [3.8, 4) is 0 Å². The van der Waals surface area contributed by atoms with Crippen molar-refractivity contribution in [3.05, 3.63) is 28.2 Å². The number of esters is 1. The summed E-state index contributed by atoms with van der Waals surface area (Å²) in [6, 6.07) is 5.53. The van der Waals surface area contributed by atoms with Crippen molar-refractivity contribution < 1.29 is 14.3 Å². The molecule has 0 unspecified atom stereocenters. The molecule has 1 aliphatic carbocycles. The number of amides is 1. The zero-order chi connectivity index (χ0) is 13.3. The quantitative estimate of drug-likeness (QED) is 0.689. The molecule has 0 aliphatic heterocycles. The van der Waals surface area contributed by atoms with Crippen LogP contribution in [-0.2, 0) is 14.3 Å². The first-order valence-electron chi connectivity index (χ1n) is 5.65. The van der Waals surface area contributed by atoms with Gasteiger partial charge >= 0.3 is 5.97 Å². The van der Waals surface area contributed by atoms with Crippen LogP contribution in [0, 0.1) is 12.3 Å². The first kappa shape index (κ1) is 13.1. The zero-order valence-electron chi connectivity index (χ0n) is 10.2. The van der Waals surface area contributed by atoms with Gasteiger partial charge in [-0.25, -0.2) is 0 Å². The molecule has 0 saturated heterocycles. The van der Waals surface area contributed by atoms with Crippen LogP contribution in [0.25, 0.3) is 0 Å². The predicted molar refractivity (Wildman–Crippen MR) is 71.2 cm³/mol. The standard InChI is InChI=1S/C13H14BrNO3/c1-8-3-4-9(7-10(8)14)15-11(16)13(5-6-13)12(17)18-2/h3-4,7H,5-6H2,1-2H3,(H,15,16). The average molecular weight is 312 g/mol. The molecule has 1 aliphatic rings. The normalized spacial score (nSPS) is 15.9. The molecule has 96 valence electrons. The van der Waals surface area contributed by atoms with Gasteiger partial charge < -0.3 is 10.1 Å². The average Bonchev–Trinajstić information content (AvgIpc) is 3.14. The third kappa shape index (κ3) is 2.27. The maximum atomic E-state index is 12.1. The summed E-state index contributed by atoms with van der Waals surface area (Å²) in [7, 11) is 1.30. The Kier molecular flexibility index (Phi) is 3.43. The van der Waals surface area contributed by atoms with Crippen LogP contribution in [0.15, 0.2) is 22.7 Å². The molecule has 1 saturated carbocycles. The van der Waals surface area contributed by atoms with Crippen molar-refractivity contribution in [3.63, 3.8) is 0 Å². The van der Waals surface area contributed by atoms with E-state index in [1.54, 1.807) is 0 Å². The van der Waals surface area contributed by atoms with Crippen LogP contribution >= 0.6 is 15.9 Å². The van der Waals surface area contributed by atoms with Gasteiger partial charge in [0.2, 0.25) is 5.91 Å². The molecule has 0 spiro atoms. The smallest absolute Gasteiger partial charge is 0.321 e. The van der Waals surface area contributed by atoms with Gasteiger partial charge in [0.1, 0.15) is 5.41 Å². The van der Waals surface area contributed by atoms with Gasteiger partial charge in [0.25, 0.3) is 0 Å². The lowest BCUT2D eigenvalue weighted by Gasteiger charge is -2.13. The molecule has 0 atom stereocenters. The molecule has 1 fully saturated rings. The zero-order valence-corrected chi connectivity index (χ0v) is 11.8. The van der Waals surface area contributed by atoms with E-state index in [0.29, 0.717) is 18.5 Å². The SMILES string of the molecule is COC(=O)C1(C(=O)Nc2ccc(C)c(Br)c2)CC1. The van der Waals surface area contributed by atoms with E-state index in [-0.39, 0.29) is 5.91 Å². The molecule has 1 amide bonds. The number of hydrogen-bond acceptors (Lipinski definition) is 3. The van der Waals surface area contributed by atoms with E-state index in [1.807, 2.05) is 25.1 Å². The lowest BCUT2D eigenvalue weighted by atomic mass is 10.1. The van der Waals surface area contributed by atoms with Crippen LogP contribution in [-0.4, -0.2) is 19.0 Å². The Morgan fingerprint density at radius 1 is 1.39 bits per heavy atom. The number of rotatable bonds is 3. The molecule has 1 N–H and O–H groups in total. The Morgan fingerprint density at radius 3 is 2.56 bits per heavy atom. The Morgan fingerprint density at radius 2 is 2.06 bits per heavy atom. The molecule has 1 aromatic rings. The van der Waals surface area contributed by atoms with Crippen molar-refractivity contribution >= 4 is 33.5 Å².